The fourth-order valence-corrected chi connectivity index (χ4v) is 4.37. The molecule has 0 radical (unpaired) electrons. The lowest BCUT2D eigenvalue weighted by atomic mass is 9.97. The zero-order chi connectivity index (χ0) is 23.3. The van der Waals surface area contributed by atoms with Crippen molar-refractivity contribution in [3.8, 4) is 11.5 Å². The van der Waals surface area contributed by atoms with E-state index in [1.165, 1.54) is 30.2 Å². The van der Waals surface area contributed by atoms with Crippen LogP contribution in [0, 0.1) is 5.82 Å². The fraction of sp³-hybridized carbons (Fsp3) is 0.120. The highest BCUT2D eigenvalue weighted by molar-refractivity contribution is 6.31. The molecule has 0 bridgehead atoms. The van der Waals surface area contributed by atoms with Crippen LogP contribution >= 0.6 is 11.6 Å². The van der Waals surface area contributed by atoms with E-state index in [1.807, 2.05) is 0 Å². The van der Waals surface area contributed by atoms with Crippen molar-refractivity contribution in [2.24, 2.45) is 0 Å². The van der Waals surface area contributed by atoms with Crippen LogP contribution in [0.15, 0.2) is 69.9 Å². The maximum atomic E-state index is 13.9. The lowest BCUT2D eigenvalue weighted by Crippen LogP contribution is -2.29. The van der Waals surface area contributed by atoms with Gasteiger partial charge in [-0.05, 0) is 47.5 Å². The van der Waals surface area contributed by atoms with E-state index in [0.29, 0.717) is 16.1 Å². The molecular formula is C25H17ClFNO5. The summed E-state index contributed by atoms with van der Waals surface area (Å²) in [4.78, 5) is 28.4. The summed E-state index contributed by atoms with van der Waals surface area (Å²) in [5.41, 5.74) is 0.914. The molecule has 0 aliphatic carbocycles. The molecule has 0 saturated heterocycles. The summed E-state index contributed by atoms with van der Waals surface area (Å²) >= 11 is 6.34. The average Bonchev–Trinajstić information content (AvgIpc) is 3.08. The van der Waals surface area contributed by atoms with Crippen molar-refractivity contribution in [2.45, 2.75) is 12.6 Å². The van der Waals surface area contributed by atoms with E-state index in [4.69, 9.17) is 20.8 Å². The summed E-state index contributed by atoms with van der Waals surface area (Å²) < 4.78 is 24.9. The molecule has 0 saturated carbocycles. The minimum absolute atomic E-state index is 0.0388. The zero-order valence-electron chi connectivity index (χ0n) is 17.3. The van der Waals surface area contributed by atoms with Crippen molar-refractivity contribution in [1.82, 2.24) is 4.90 Å². The highest BCUT2D eigenvalue weighted by Crippen LogP contribution is 2.41. The van der Waals surface area contributed by atoms with Crippen LogP contribution in [0.2, 0.25) is 5.02 Å². The van der Waals surface area contributed by atoms with Gasteiger partial charge in [0.05, 0.1) is 24.1 Å². The number of benzene rings is 3. The first kappa shape index (κ1) is 21.0. The lowest BCUT2D eigenvalue weighted by Gasteiger charge is -2.26. The third kappa shape index (κ3) is 3.41. The summed E-state index contributed by atoms with van der Waals surface area (Å²) in [6.45, 7) is 0.0979. The van der Waals surface area contributed by atoms with Gasteiger partial charge in [-0.2, -0.15) is 0 Å². The number of phenolic OH excluding ortho intramolecular Hbond substituents is 1. The van der Waals surface area contributed by atoms with Gasteiger partial charge in [-0.15, -0.1) is 0 Å². The second-order valence-corrected chi connectivity index (χ2v) is 8.08. The monoisotopic (exact) mass is 465 g/mol. The number of nitrogens with zero attached hydrogens (tertiary/aromatic N) is 1. The molecule has 6 nitrogen and oxygen atoms in total. The predicted octanol–water partition coefficient (Wildman–Crippen LogP) is 5.05. The Kier molecular flexibility index (Phi) is 5.06. The predicted molar refractivity (Wildman–Crippen MR) is 120 cm³/mol. The van der Waals surface area contributed by atoms with E-state index in [-0.39, 0.29) is 40.3 Å². The summed E-state index contributed by atoms with van der Waals surface area (Å²) in [5.74, 6) is -1.10. The van der Waals surface area contributed by atoms with E-state index in [0.717, 1.165) is 6.07 Å². The Balaban J connectivity index is 1.76. The number of phenols is 1. The lowest BCUT2D eigenvalue weighted by molar-refractivity contribution is 0.0714. The van der Waals surface area contributed by atoms with Gasteiger partial charge in [0, 0.05) is 11.6 Å². The first-order chi connectivity index (χ1) is 15.9. The maximum Gasteiger partial charge on any atom is 0.291 e. The summed E-state index contributed by atoms with van der Waals surface area (Å²) in [6.07, 6.45) is 0. The number of amides is 1. The van der Waals surface area contributed by atoms with Crippen molar-refractivity contribution in [1.29, 1.82) is 0 Å². The number of halogens is 2. The molecule has 0 spiro atoms. The number of rotatable bonds is 4. The Morgan fingerprint density at radius 2 is 1.91 bits per heavy atom. The molecule has 1 atom stereocenters. The van der Waals surface area contributed by atoms with Gasteiger partial charge in [0.15, 0.2) is 16.9 Å². The Bertz CT molecular complexity index is 1480. The summed E-state index contributed by atoms with van der Waals surface area (Å²) in [5, 5.41) is 10.6. The highest BCUT2D eigenvalue weighted by atomic mass is 35.5. The number of hydrogen-bond donors (Lipinski definition) is 1. The number of ether oxygens (including phenoxy) is 1. The van der Waals surface area contributed by atoms with Crippen LogP contribution in [-0.4, -0.2) is 23.0 Å². The molecule has 0 fully saturated rings. The number of fused-ring (bicyclic) bond motifs is 2. The molecule has 1 amide bonds. The van der Waals surface area contributed by atoms with Gasteiger partial charge in [-0.25, -0.2) is 4.39 Å². The molecule has 3 aromatic carbocycles. The van der Waals surface area contributed by atoms with Gasteiger partial charge in [-0.1, -0.05) is 35.9 Å². The Morgan fingerprint density at radius 3 is 2.67 bits per heavy atom. The highest BCUT2D eigenvalue weighted by Gasteiger charge is 2.43. The van der Waals surface area contributed by atoms with Crippen molar-refractivity contribution in [3.05, 3.63) is 104 Å². The van der Waals surface area contributed by atoms with E-state index in [1.54, 1.807) is 36.4 Å². The van der Waals surface area contributed by atoms with E-state index in [9.17, 15) is 19.1 Å². The van der Waals surface area contributed by atoms with Crippen LogP contribution in [0.4, 0.5) is 4.39 Å². The molecule has 0 unspecified atom stereocenters. The van der Waals surface area contributed by atoms with Crippen LogP contribution in [0.25, 0.3) is 11.0 Å². The molecule has 1 aliphatic heterocycles. The number of carbonyl (C=O) groups excluding carboxylic acids is 1. The van der Waals surface area contributed by atoms with Gasteiger partial charge in [0.2, 0.25) is 5.76 Å². The zero-order valence-corrected chi connectivity index (χ0v) is 18.1. The molecule has 166 valence electrons. The molecule has 2 heterocycles. The van der Waals surface area contributed by atoms with Gasteiger partial charge >= 0.3 is 0 Å². The topological polar surface area (TPSA) is 80.0 Å². The largest absolute Gasteiger partial charge is 0.504 e. The second kappa shape index (κ2) is 7.94. The van der Waals surface area contributed by atoms with Gasteiger partial charge in [0.25, 0.3) is 5.91 Å². The van der Waals surface area contributed by atoms with E-state index in [2.05, 4.69) is 0 Å². The number of hydrogen-bond acceptors (Lipinski definition) is 5. The van der Waals surface area contributed by atoms with Crippen molar-refractivity contribution < 1.29 is 23.4 Å². The van der Waals surface area contributed by atoms with Gasteiger partial charge in [-0.3, -0.25) is 9.59 Å². The minimum atomic E-state index is -0.859. The van der Waals surface area contributed by atoms with E-state index >= 15 is 0 Å². The average molecular weight is 466 g/mol. The van der Waals surface area contributed by atoms with Crippen molar-refractivity contribution >= 4 is 28.5 Å². The van der Waals surface area contributed by atoms with Crippen LogP contribution < -0.4 is 10.2 Å². The molecule has 4 aromatic rings. The van der Waals surface area contributed by atoms with Crippen molar-refractivity contribution in [2.75, 3.05) is 7.11 Å². The normalized spacial score (nSPS) is 15.2. The standard InChI is InChI=1S/C25H17ClFNO5/c1-32-20-10-13(6-8-18(20)29)22-21-23(30)16-11-15(27)7-9-19(16)33-24(21)25(31)28(22)12-14-4-2-3-5-17(14)26/h2-11,22,29H,12H2,1H3/t22-/m1/s1. The number of methoxy groups -OCH3 is 1. The van der Waals surface area contributed by atoms with E-state index < -0.39 is 23.2 Å². The Morgan fingerprint density at radius 1 is 1.12 bits per heavy atom. The summed E-state index contributed by atoms with van der Waals surface area (Å²) in [7, 11) is 1.40. The van der Waals surface area contributed by atoms with Crippen molar-refractivity contribution in [3.63, 3.8) is 0 Å². The molecule has 1 aromatic heterocycles. The second-order valence-electron chi connectivity index (χ2n) is 7.67. The Labute approximate surface area is 192 Å². The van der Waals surface area contributed by atoms with Gasteiger partial charge in [0.1, 0.15) is 11.4 Å². The van der Waals surface area contributed by atoms with Crippen LogP contribution in [0.3, 0.4) is 0 Å². The molecular weight excluding hydrogens is 449 g/mol. The first-order valence-corrected chi connectivity index (χ1v) is 10.4. The smallest absolute Gasteiger partial charge is 0.291 e. The molecule has 1 aliphatic rings. The van der Waals surface area contributed by atoms with Crippen LogP contribution in [-0.2, 0) is 6.54 Å². The quantitative estimate of drug-likeness (QED) is 0.456. The molecule has 1 N–H and O–H groups in total. The number of carbonyl (C=O) groups is 1. The molecule has 8 heteroatoms. The SMILES string of the molecule is COc1cc([C@@H]2c3c(oc4ccc(F)cc4c3=O)C(=O)N2Cc2ccccc2Cl)ccc1O. The molecule has 33 heavy (non-hydrogen) atoms. The number of aromatic hydroxyl groups is 1. The first-order valence-electron chi connectivity index (χ1n) is 10.1. The Hall–Kier alpha value is -3.84. The van der Waals surface area contributed by atoms with Crippen LogP contribution in [0.1, 0.15) is 33.3 Å². The van der Waals surface area contributed by atoms with Crippen LogP contribution in [0.5, 0.6) is 11.5 Å². The fourth-order valence-electron chi connectivity index (χ4n) is 4.18. The summed E-state index contributed by atoms with van der Waals surface area (Å²) in [6, 6.07) is 14.4. The maximum absolute atomic E-state index is 13.9. The minimum Gasteiger partial charge on any atom is -0.504 e. The molecule has 5 rings (SSSR count). The van der Waals surface area contributed by atoms with Gasteiger partial charge < -0.3 is 19.2 Å². The third-order valence-corrected chi connectivity index (χ3v) is 6.11. The third-order valence-electron chi connectivity index (χ3n) is 5.75.